The molecule has 1 fully saturated rings. The van der Waals surface area contributed by atoms with Crippen molar-refractivity contribution < 1.29 is 9.47 Å². The van der Waals surface area contributed by atoms with Crippen LogP contribution in [0, 0.1) is 11.8 Å². The Morgan fingerprint density at radius 1 is 1.11 bits per heavy atom. The van der Waals surface area contributed by atoms with Crippen LogP contribution in [0.5, 0.6) is 11.5 Å². The van der Waals surface area contributed by atoms with Gasteiger partial charge in [0.1, 0.15) is 11.5 Å². The summed E-state index contributed by atoms with van der Waals surface area (Å²) in [4.78, 5) is 0. The van der Waals surface area contributed by atoms with E-state index >= 15 is 0 Å². The lowest BCUT2D eigenvalue weighted by Gasteiger charge is -2.21. The van der Waals surface area contributed by atoms with E-state index < -0.39 is 0 Å². The number of hydrogen-bond acceptors (Lipinski definition) is 3. The first kappa shape index (κ1) is 13.2. The van der Waals surface area contributed by atoms with E-state index in [4.69, 9.17) is 15.2 Å². The molecule has 0 bridgehead atoms. The number of methoxy groups -OCH3 is 2. The van der Waals surface area contributed by atoms with Crippen molar-refractivity contribution >= 4 is 0 Å². The Labute approximate surface area is 109 Å². The number of nitrogens with two attached hydrogens (primary N) is 1. The second-order valence-corrected chi connectivity index (χ2v) is 5.35. The lowest BCUT2D eigenvalue weighted by molar-refractivity contribution is 0.386. The van der Waals surface area contributed by atoms with Crippen LogP contribution in [-0.4, -0.2) is 14.2 Å². The molecule has 0 aromatic heterocycles. The van der Waals surface area contributed by atoms with Gasteiger partial charge in [0.2, 0.25) is 0 Å². The molecule has 3 nitrogen and oxygen atoms in total. The minimum Gasteiger partial charge on any atom is -0.497 e. The van der Waals surface area contributed by atoms with Gasteiger partial charge in [-0.2, -0.15) is 0 Å². The molecule has 0 heterocycles. The van der Waals surface area contributed by atoms with Crippen molar-refractivity contribution in [3.05, 3.63) is 23.8 Å². The average molecular weight is 249 g/mol. The molecule has 3 atom stereocenters. The third-order valence-corrected chi connectivity index (χ3v) is 4.00. The van der Waals surface area contributed by atoms with E-state index in [1.165, 1.54) is 19.3 Å². The summed E-state index contributed by atoms with van der Waals surface area (Å²) in [6.45, 7) is 2.30. The molecule has 1 aliphatic rings. The predicted molar refractivity (Wildman–Crippen MR) is 73.0 cm³/mol. The van der Waals surface area contributed by atoms with E-state index in [-0.39, 0.29) is 6.04 Å². The smallest absolute Gasteiger partial charge is 0.122 e. The first-order valence-electron chi connectivity index (χ1n) is 6.62. The number of benzene rings is 1. The van der Waals surface area contributed by atoms with Crippen LogP contribution in [0.3, 0.4) is 0 Å². The highest BCUT2D eigenvalue weighted by atomic mass is 16.5. The molecule has 0 amide bonds. The largest absolute Gasteiger partial charge is 0.497 e. The molecule has 1 saturated carbocycles. The van der Waals surface area contributed by atoms with Crippen LogP contribution in [0.1, 0.15) is 37.8 Å². The average Bonchev–Trinajstić information content (AvgIpc) is 2.83. The Kier molecular flexibility index (Phi) is 4.12. The van der Waals surface area contributed by atoms with Crippen LogP contribution in [0.15, 0.2) is 18.2 Å². The van der Waals surface area contributed by atoms with E-state index in [0.717, 1.165) is 23.0 Å². The third-order valence-electron chi connectivity index (χ3n) is 4.00. The summed E-state index contributed by atoms with van der Waals surface area (Å²) in [7, 11) is 3.34. The lowest BCUT2D eigenvalue weighted by atomic mass is 9.91. The Bertz CT molecular complexity index is 383. The summed E-state index contributed by atoms with van der Waals surface area (Å²) in [6.07, 6.45) is 3.74. The van der Waals surface area contributed by atoms with E-state index in [1.54, 1.807) is 14.2 Å². The van der Waals surface area contributed by atoms with E-state index in [1.807, 2.05) is 18.2 Å². The maximum absolute atomic E-state index is 6.40. The topological polar surface area (TPSA) is 44.5 Å². The molecule has 0 saturated heterocycles. The predicted octanol–water partition coefficient (Wildman–Crippen LogP) is 3.14. The van der Waals surface area contributed by atoms with Gasteiger partial charge >= 0.3 is 0 Å². The standard InChI is InChI=1S/C15H23NO2/c1-10-4-5-11(6-10)15(16)12-7-13(17-2)9-14(8-12)18-3/h7-11,15H,4-6,16H2,1-3H3. The number of hydrogen-bond donors (Lipinski definition) is 1. The van der Waals surface area contributed by atoms with Gasteiger partial charge in [0.15, 0.2) is 0 Å². The maximum Gasteiger partial charge on any atom is 0.122 e. The molecule has 2 N–H and O–H groups in total. The zero-order chi connectivity index (χ0) is 13.1. The Morgan fingerprint density at radius 2 is 1.72 bits per heavy atom. The summed E-state index contributed by atoms with van der Waals surface area (Å²) in [5.74, 6) is 3.00. The molecular weight excluding hydrogens is 226 g/mol. The van der Waals surface area contributed by atoms with Crippen molar-refractivity contribution in [2.45, 2.75) is 32.2 Å². The van der Waals surface area contributed by atoms with Gasteiger partial charge in [-0.25, -0.2) is 0 Å². The van der Waals surface area contributed by atoms with Gasteiger partial charge in [-0.1, -0.05) is 13.3 Å². The van der Waals surface area contributed by atoms with Gasteiger partial charge in [0.05, 0.1) is 14.2 Å². The zero-order valence-electron chi connectivity index (χ0n) is 11.5. The van der Waals surface area contributed by atoms with Gasteiger partial charge in [0, 0.05) is 12.1 Å². The summed E-state index contributed by atoms with van der Waals surface area (Å²) < 4.78 is 10.6. The van der Waals surface area contributed by atoms with Crippen LogP contribution < -0.4 is 15.2 Å². The van der Waals surface area contributed by atoms with Gasteiger partial charge in [-0.05, 0) is 42.4 Å². The maximum atomic E-state index is 6.40. The number of rotatable bonds is 4. The lowest BCUT2D eigenvalue weighted by Crippen LogP contribution is -2.19. The zero-order valence-corrected chi connectivity index (χ0v) is 11.5. The molecular formula is C15H23NO2. The van der Waals surface area contributed by atoms with Gasteiger partial charge < -0.3 is 15.2 Å². The fourth-order valence-electron chi connectivity index (χ4n) is 2.87. The Morgan fingerprint density at radius 3 is 2.17 bits per heavy atom. The second-order valence-electron chi connectivity index (χ2n) is 5.35. The molecule has 0 aliphatic heterocycles. The van der Waals surface area contributed by atoms with Crippen LogP contribution in [0.2, 0.25) is 0 Å². The first-order chi connectivity index (χ1) is 8.63. The normalized spacial score (nSPS) is 24.9. The van der Waals surface area contributed by atoms with Crippen LogP contribution in [0.25, 0.3) is 0 Å². The summed E-state index contributed by atoms with van der Waals surface area (Å²) in [5, 5.41) is 0. The Hall–Kier alpha value is -1.22. The molecule has 3 unspecified atom stereocenters. The molecule has 1 aromatic rings. The highest BCUT2D eigenvalue weighted by Crippen LogP contribution is 2.39. The van der Waals surface area contributed by atoms with Gasteiger partial charge in [-0.15, -0.1) is 0 Å². The fraction of sp³-hybridized carbons (Fsp3) is 0.600. The van der Waals surface area contributed by atoms with Crippen LogP contribution >= 0.6 is 0 Å². The minimum atomic E-state index is 0.0824. The first-order valence-corrected chi connectivity index (χ1v) is 6.62. The molecule has 18 heavy (non-hydrogen) atoms. The number of ether oxygens (including phenoxy) is 2. The summed E-state index contributed by atoms with van der Waals surface area (Å²) >= 11 is 0. The molecule has 0 radical (unpaired) electrons. The second kappa shape index (κ2) is 5.61. The van der Waals surface area contributed by atoms with Crippen LogP contribution in [0.4, 0.5) is 0 Å². The molecule has 1 aliphatic carbocycles. The molecule has 0 spiro atoms. The molecule has 1 aromatic carbocycles. The van der Waals surface area contributed by atoms with Crippen LogP contribution in [-0.2, 0) is 0 Å². The highest BCUT2D eigenvalue weighted by Gasteiger charge is 2.27. The van der Waals surface area contributed by atoms with Crippen molar-refractivity contribution in [3.63, 3.8) is 0 Å². The molecule has 100 valence electrons. The SMILES string of the molecule is COc1cc(OC)cc(C(N)C2CCC(C)C2)c1. The van der Waals surface area contributed by atoms with Crippen molar-refractivity contribution in [2.24, 2.45) is 17.6 Å². The van der Waals surface area contributed by atoms with Gasteiger partial charge in [-0.3, -0.25) is 0 Å². The van der Waals surface area contributed by atoms with Crippen molar-refractivity contribution in [2.75, 3.05) is 14.2 Å². The molecule has 2 rings (SSSR count). The van der Waals surface area contributed by atoms with Crippen molar-refractivity contribution in [1.82, 2.24) is 0 Å². The summed E-state index contributed by atoms with van der Waals surface area (Å²) in [5.41, 5.74) is 7.51. The van der Waals surface area contributed by atoms with E-state index in [2.05, 4.69) is 6.92 Å². The minimum absolute atomic E-state index is 0.0824. The van der Waals surface area contributed by atoms with Gasteiger partial charge in [0.25, 0.3) is 0 Å². The highest BCUT2D eigenvalue weighted by molar-refractivity contribution is 5.40. The van der Waals surface area contributed by atoms with Crippen molar-refractivity contribution in [3.8, 4) is 11.5 Å². The van der Waals surface area contributed by atoms with E-state index in [9.17, 15) is 0 Å². The molecule has 3 heteroatoms. The van der Waals surface area contributed by atoms with Crippen molar-refractivity contribution in [1.29, 1.82) is 0 Å². The quantitative estimate of drug-likeness (QED) is 0.891. The third kappa shape index (κ3) is 2.78. The summed E-state index contributed by atoms with van der Waals surface area (Å²) in [6, 6.07) is 6.01. The fourth-order valence-corrected chi connectivity index (χ4v) is 2.87. The Balaban J connectivity index is 2.20. The van der Waals surface area contributed by atoms with E-state index in [0.29, 0.717) is 5.92 Å². The monoisotopic (exact) mass is 249 g/mol.